The van der Waals surface area contributed by atoms with Crippen molar-refractivity contribution < 1.29 is 18.1 Å². The minimum atomic E-state index is -3.41. The summed E-state index contributed by atoms with van der Waals surface area (Å²) in [5.74, 6) is -0.221. The molecule has 0 unspecified atom stereocenters. The fourth-order valence-corrected chi connectivity index (χ4v) is 2.72. The third-order valence-corrected chi connectivity index (χ3v) is 3.25. The summed E-state index contributed by atoms with van der Waals surface area (Å²) in [4.78, 5) is 17.8. The fourth-order valence-electron chi connectivity index (χ4n) is 1.65. The lowest BCUT2D eigenvalue weighted by molar-refractivity contribution is -0.385. The summed E-state index contributed by atoms with van der Waals surface area (Å²) >= 11 is 0. The maximum Gasteiger partial charge on any atom is 0.372 e. The molecule has 0 bridgehead atoms. The second-order valence-corrected chi connectivity index (χ2v) is 6.70. The van der Waals surface area contributed by atoms with Gasteiger partial charge in [-0.15, -0.1) is 0 Å². The molecule has 1 aromatic heterocycles. The molecule has 0 aromatic carbocycles. The summed E-state index contributed by atoms with van der Waals surface area (Å²) in [6.07, 6.45) is 2.15. The van der Waals surface area contributed by atoms with E-state index in [0.717, 1.165) is 12.6 Å². The first-order valence-corrected chi connectivity index (χ1v) is 7.71. The summed E-state index contributed by atoms with van der Waals surface area (Å²) in [5.41, 5.74) is -1.27. The topological polar surface area (TPSA) is 136 Å². The molecule has 11 heteroatoms. The monoisotopic (exact) mass is 319 g/mol. The summed E-state index contributed by atoms with van der Waals surface area (Å²) in [5, 5.41) is 13.8. The summed E-state index contributed by atoms with van der Waals surface area (Å²) < 4.78 is 29.7. The molecule has 1 aromatic rings. The van der Waals surface area contributed by atoms with Gasteiger partial charge < -0.3 is 10.1 Å². The Morgan fingerprint density at radius 1 is 1.43 bits per heavy atom. The highest BCUT2D eigenvalue weighted by Crippen LogP contribution is 2.30. The Bertz CT molecular complexity index is 631. The maximum atomic E-state index is 11.2. The Morgan fingerprint density at radius 2 is 2.05 bits per heavy atom. The SMILES string of the molecule is COc1ncnc(NCC(C)(C)NS(C)(=O)=O)c1[N+](=O)[O-]. The van der Waals surface area contributed by atoms with Crippen molar-refractivity contribution in [1.82, 2.24) is 14.7 Å². The zero-order valence-corrected chi connectivity index (χ0v) is 12.9. The highest BCUT2D eigenvalue weighted by atomic mass is 32.2. The molecule has 0 radical (unpaired) electrons. The van der Waals surface area contributed by atoms with E-state index in [1.807, 2.05) is 0 Å². The molecule has 0 saturated heterocycles. The van der Waals surface area contributed by atoms with E-state index in [-0.39, 0.29) is 18.2 Å². The molecule has 1 rings (SSSR count). The van der Waals surface area contributed by atoms with Crippen molar-refractivity contribution in [2.45, 2.75) is 19.4 Å². The van der Waals surface area contributed by atoms with Crippen LogP contribution >= 0.6 is 0 Å². The van der Waals surface area contributed by atoms with Crippen LogP contribution in [0.4, 0.5) is 11.5 Å². The largest absolute Gasteiger partial charge is 0.476 e. The Hall–Kier alpha value is -2.01. The Labute approximate surface area is 122 Å². The molecule has 1 heterocycles. The van der Waals surface area contributed by atoms with Gasteiger partial charge in [0.05, 0.1) is 18.3 Å². The second-order valence-electron chi connectivity index (χ2n) is 4.95. The molecule has 0 aliphatic rings. The molecule has 0 aliphatic heterocycles. The molecule has 2 N–H and O–H groups in total. The number of sulfonamides is 1. The van der Waals surface area contributed by atoms with Gasteiger partial charge in [-0.3, -0.25) is 10.1 Å². The van der Waals surface area contributed by atoms with E-state index >= 15 is 0 Å². The van der Waals surface area contributed by atoms with Gasteiger partial charge in [-0.05, 0) is 13.8 Å². The zero-order chi connectivity index (χ0) is 16.3. The zero-order valence-electron chi connectivity index (χ0n) is 12.1. The van der Waals surface area contributed by atoms with Crippen molar-refractivity contribution in [3.8, 4) is 5.88 Å². The van der Waals surface area contributed by atoms with Crippen LogP contribution in [0.1, 0.15) is 13.8 Å². The van der Waals surface area contributed by atoms with E-state index < -0.39 is 26.2 Å². The fraction of sp³-hybridized carbons (Fsp3) is 0.600. The average Bonchev–Trinajstić information content (AvgIpc) is 2.32. The average molecular weight is 319 g/mol. The molecule has 0 aliphatic carbocycles. The molecule has 0 atom stereocenters. The standard InChI is InChI=1S/C10H17N5O5S/c1-10(2,14-21(4,18)19)5-11-8-7(15(16)17)9(20-3)13-6-12-8/h6,14H,5H2,1-4H3,(H,11,12,13). The van der Waals surface area contributed by atoms with Crippen LogP contribution in [0.2, 0.25) is 0 Å². The molecular weight excluding hydrogens is 302 g/mol. The molecule has 118 valence electrons. The number of rotatable bonds is 7. The van der Waals surface area contributed by atoms with Gasteiger partial charge in [-0.25, -0.2) is 18.1 Å². The number of nitro groups is 1. The van der Waals surface area contributed by atoms with E-state index in [0.29, 0.717) is 0 Å². The second kappa shape index (κ2) is 6.18. The molecule has 0 amide bonds. The first kappa shape index (κ1) is 17.0. The number of ether oxygens (including phenoxy) is 1. The maximum absolute atomic E-state index is 11.2. The van der Waals surface area contributed by atoms with Crippen LogP contribution in [-0.2, 0) is 10.0 Å². The van der Waals surface area contributed by atoms with Gasteiger partial charge in [0, 0.05) is 12.1 Å². The van der Waals surface area contributed by atoms with Crippen molar-refractivity contribution in [3.05, 3.63) is 16.4 Å². The van der Waals surface area contributed by atoms with Crippen LogP contribution in [0.3, 0.4) is 0 Å². The molecule has 10 nitrogen and oxygen atoms in total. The van der Waals surface area contributed by atoms with E-state index in [2.05, 4.69) is 20.0 Å². The number of nitrogens with one attached hydrogen (secondary N) is 2. The summed E-state index contributed by atoms with van der Waals surface area (Å²) in [6.45, 7) is 3.34. The highest BCUT2D eigenvalue weighted by Gasteiger charge is 2.27. The van der Waals surface area contributed by atoms with Crippen LogP contribution < -0.4 is 14.8 Å². The molecule has 21 heavy (non-hydrogen) atoms. The Kier molecular flexibility index (Phi) is 5.01. The normalized spacial score (nSPS) is 12.0. The molecule has 0 fully saturated rings. The number of hydrogen-bond acceptors (Lipinski definition) is 8. The predicted molar refractivity (Wildman–Crippen MR) is 75.8 cm³/mol. The number of anilines is 1. The van der Waals surface area contributed by atoms with Crippen molar-refractivity contribution in [3.63, 3.8) is 0 Å². The third-order valence-electron chi connectivity index (χ3n) is 2.32. The number of methoxy groups -OCH3 is 1. The Balaban J connectivity index is 2.97. The third kappa shape index (κ3) is 5.11. The van der Waals surface area contributed by atoms with Crippen molar-refractivity contribution in [1.29, 1.82) is 0 Å². The first-order chi connectivity index (χ1) is 9.56. The van der Waals surface area contributed by atoms with Crippen LogP contribution in [-0.4, -0.2) is 48.8 Å². The molecule has 0 spiro atoms. The number of nitrogens with zero attached hydrogens (tertiary/aromatic N) is 3. The minimum absolute atomic E-state index is 0.0461. The van der Waals surface area contributed by atoms with Crippen molar-refractivity contribution >= 4 is 21.5 Å². The molecular formula is C10H17N5O5S. The predicted octanol–water partition coefficient (Wildman–Crippen LogP) is 0.133. The number of hydrogen-bond donors (Lipinski definition) is 2. The van der Waals surface area contributed by atoms with Gasteiger partial charge >= 0.3 is 5.69 Å². The highest BCUT2D eigenvalue weighted by molar-refractivity contribution is 7.88. The quantitative estimate of drug-likeness (QED) is 0.534. The first-order valence-electron chi connectivity index (χ1n) is 5.82. The van der Waals surface area contributed by atoms with Gasteiger partial charge in [0.25, 0.3) is 5.88 Å². The minimum Gasteiger partial charge on any atom is -0.476 e. The lowest BCUT2D eigenvalue weighted by Crippen LogP contribution is -2.47. The van der Waals surface area contributed by atoms with Gasteiger partial charge in [-0.2, -0.15) is 4.98 Å². The van der Waals surface area contributed by atoms with Crippen molar-refractivity contribution in [2.24, 2.45) is 0 Å². The smallest absolute Gasteiger partial charge is 0.372 e. The van der Waals surface area contributed by atoms with E-state index in [4.69, 9.17) is 4.74 Å². The van der Waals surface area contributed by atoms with Gasteiger partial charge in [0.15, 0.2) is 0 Å². The van der Waals surface area contributed by atoms with Gasteiger partial charge in [-0.1, -0.05) is 0 Å². The summed E-state index contributed by atoms with van der Waals surface area (Å²) in [7, 11) is -2.15. The van der Waals surface area contributed by atoms with E-state index in [1.165, 1.54) is 7.11 Å². The van der Waals surface area contributed by atoms with Gasteiger partial charge in [0.1, 0.15) is 6.33 Å². The van der Waals surface area contributed by atoms with E-state index in [9.17, 15) is 18.5 Å². The molecule has 0 saturated carbocycles. The van der Waals surface area contributed by atoms with Crippen molar-refractivity contribution in [2.75, 3.05) is 25.2 Å². The van der Waals surface area contributed by atoms with Crippen LogP contribution in [0.25, 0.3) is 0 Å². The van der Waals surface area contributed by atoms with E-state index in [1.54, 1.807) is 13.8 Å². The Morgan fingerprint density at radius 3 is 2.52 bits per heavy atom. The number of aromatic nitrogens is 2. The van der Waals surface area contributed by atoms with Gasteiger partial charge in [0.2, 0.25) is 15.8 Å². The van der Waals surface area contributed by atoms with Crippen LogP contribution in [0, 0.1) is 10.1 Å². The summed E-state index contributed by atoms with van der Waals surface area (Å²) in [6, 6.07) is 0. The van der Waals surface area contributed by atoms with Crippen LogP contribution in [0.5, 0.6) is 5.88 Å². The lowest BCUT2D eigenvalue weighted by atomic mass is 10.1. The van der Waals surface area contributed by atoms with Crippen LogP contribution in [0.15, 0.2) is 6.33 Å². The lowest BCUT2D eigenvalue weighted by Gasteiger charge is -2.25.